The first-order chi connectivity index (χ1) is 11.0. The van der Waals surface area contributed by atoms with Crippen molar-refractivity contribution in [3.05, 3.63) is 65.0 Å². The maximum atomic E-state index is 12.1. The molecule has 120 valence electrons. The van der Waals surface area contributed by atoms with Gasteiger partial charge in [-0.15, -0.1) is 0 Å². The van der Waals surface area contributed by atoms with Crippen molar-refractivity contribution in [2.45, 2.75) is 26.3 Å². The normalized spacial score (nSPS) is 10.4. The molecule has 0 aliphatic carbocycles. The van der Waals surface area contributed by atoms with Crippen molar-refractivity contribution < 1.29 is 14.3 Å². The summed E-state index contributed by atoms with van der Waals surface area (Å²) in [6.07, 6.45) is 1.52. The van der Waals surface area contributed by atoms with Crippen LogP contribution in [-0.2, 0) is 11.3 Å². The Morgan fingerprint density at radius 3 is 2.43 bits per heavy atom. The third kappa shape index (κ3) is 4.39. The van der Waals surface area contributed by atoms with Crippen LogP contribution in [0.1, 0.15) is 51.7 Å². The summed E-state index contributed by atoms with van der Waals surface area (Å²) in [6, 6.07) is 10.7. The monoisotopic (exact) mass is 312 g/mol. The molecule has 0 saturated heterocycles. The first-order valence-electron chi connectivity index (χ1n) is 7.42. The summed E-state index contributed by atoms with van der Waals surface area (Å²) in [6.45, 7) is 4.46. The second-order valence-electron chi connectivity index (χ2n) is 5.49. The number of methoxy groups -OCH3 is 1. The van der Waals surface area contributed by atoms with Crippen molar-refractivity contribution in [3.63, 3.8) is 0 Å². The van der Waals surface area contributed by atoms with Gasteiger partial charge in [-0.2, -0.15) is 0 Å². The highest BCUT2D eigenvalue weighted by molar-refractivity contribution is 5.94. The zero-order valence-electron chi connectivity index (χ0n) is 13.5. The van der Waals surface area contributed by atoms with Gasteiger partial charge in [-0.3, -0.25) is 9.78 Å². The van der Waals surface area contributed by atoms with E-state index in [4.69, 9.17) is 0 Å². The van der Waals surface area contributed by atoms with Crippen LogP contribution in [0.5, 0.6) is 0 Å². The smallest absolute Gasteiger partial charge is 0.337 e. The molecular formula is C18H20N2O3. The molecule has 5 nitrogen and oxygen atoms in total. The number of nitrogens with zero attached hydrogens (tertiary/aromatic N) is 1. The van der Waals surface area contributed by atoms with Crippen LogP contribution in [0.4, 0.5) is 0 Å². The third-order valence-electron chi connectivity index (χ3n) is 3.51. The Labute approximate surface area is 135 Å². The van der Waals surface area contributed by atoms with Gasteiger partial charge >= 0.3 is 5.97 Å². The number of esters is 1. The molecule has 0 aliphatic heterocycles. The van der Waals surface area contributed by atoms with E-state index in [9.17, 15) is 9.59 Å². The van der Waals surface area contributed by atoms with Gasteiger partial charge in [0.15, 0.2) is 0 Å². The average Bonchev–Trinajstić information content (AvgIpc) is 2.59. The zero-order chi connectivity index (χ0) is 16.8. The lowest BCUT2D eigenvalue weighted by Gasteiger charge is -2.08. The molecule has 2 aromatic rings. The molecule has 0 saturated carbocycles. The van der Waals surface area contributed by atoms with E-state index in [0.717, 1.165) is 0 Å². The van der Waals surface area contributed by atoms with E-state index in [2.05, 4.69) is 28.9 Å². The number of carbonyl (C=O) groups excluding carboxylic acids is 2. The lowest BCUT2D eigenvalue weighted by Crippen LogP contribution is -2.23. The topological polar surface area (TPSA) is 68.3 Å². The Morgan fingerprint density at radius 2 is 1.83 bits per heavy atom. The van der Waals surface area contributed by atoms with Crippen LogP contribution in [0.15, 0.2) is 42.6 Å². The van der Waals surface area contributed by atoms with Crippen LogP contribution in [0.3, 0.4) is 0 Å². The summed E-state index contributed by atoms with van der Waals surface area (Å²) >= 11 is 0. The molecule has 23 heavy (non-hydrogen) atoms. The highest BCUT2D eigenvalue weighted by Gasteiger charge is 2.09. The minimum atomic E-state index is -0.427. The highest BCUT2D eigenvalue weighted by Crippen LogP contribution is 2.14. The fraction of sp³-hybridized carbons (Fsp3) is 0.278. The largest absolute Gasteiger partial charge is 0.465 e. The number of aromatic nitrogens is 1. The molecule has 0 bridgehead atoms. The van der Waals surface area contributed by atoms with Crippen LogP contribution in [0.25, 0.3) is 0 Å². The maximum absolute atomic E-state index is 12.1. The van der Waals surface area contributed by atoms with E-state index in [-0.39, 0.29) is 12.5 Å². The summed E-state index contributed by atoms with van der Waals surface area (Å²) in [7, 11) is 1.32. The van der Waals surface area contributed by atoms with Crippen molar-refractivity contribution in [3.8, 4) is 0 Å². The molecule has 1 heterocycles. The summed E-state index contributed by atoms with van der Waals surface area (Å²) in [5.41, 5.74) is 2.79. The van der Waals surface area contributed by atoms with Gasteiger partial charge in [0.1, 0.15) is 0 Å². The number of pyridine rings is 1. The predicted molar refractivity (Wildman–Crippen MR) is 87.3 cm³/mol. The summed E-state index contributed by atoms with van der Waals surface area (Å²) in [4.78, 5) is 27.8. The first-order valence-corrected chi connectivity index (χ1v) is 7.42. The van der Waals surface area contributed by atoms with Gasteiger partial charge in [-0.25, -0.2) is 4.79 Å². The second-order valence-corrected chi connectivity index (χ2v) is 5.49. The number of ether oxygens (including phenoxy) is 1. The van der Waals surface area contributed by atoms with E-state index in [0.29, 0.717) is 22.7 Å². The molecular weight excluding hydrogens is 292 g/mol. The predicted octanol–water partition coefficient (Wildman–Crippen LogP) is 2.92. The quantitative estimate of drug-likeness (QED) is 0.862. The highest BCUT2D eigenvalue weighted by atomic mass is 16.5. The van der Waals surface area contributed by atoms with E-state index in [1.165, 1.54) is 18.9 Å². The molecule has 1 N–H and O–H groups in total. The molecule has 2 rings (SSSR count). The minimum absolute atomic E-state index is 0.175. The number of hydrogen-bond donors (Lipinski definition) is 1. The number of benzene rings is 1. The average molecular weight is 312 g/mol. The number of amides is 1. The van der Waals surface area contributed by atoms with Gasteiger partial charge in [0.2, 0.25) is 0 Å². The lowest BCUT2D eigenvalue weighted by atomic mass is 10.0. The SMILES string of the molecule is COC(=O)c1ccnc(CNC(=O)c2ccc(C(C)C)cc2)c1. The number of rotatable bonds is 5. The standard InChI is InChI=1S/C18H20N2O3/c1-12(2)13-4-6-14(7-5-13)17(21)20-11-16-10-15(8-9-19-16)18(22)23-3/h4-10,12H,11H2,1-3H3,(H,20,21). The van der Waals surface area contributed by atoms with E-state index < -0.39 is 5.97 Å². The van der Waals surface area contributed by atoms with Crippen molar-refractivity contribution >= 4 is 11.9 Å². The van der Waals surface area contributed by atoms with Crippen LogP contribution < -0.4 is 5.32 Å². The third-order valence-corrected chi connectivity index (χ3v) is 3.51. The summed E-state index contributed by atoms with van der Waals surface area (Å²) in [5.74, 6) is -0.174. The Morgan fingerprint density at radius 1 is 1.13 bits per heavy atom. The number of hydrogen-bond acceptors (Lipinski definition) is 4. The minimum Gasteiger partial charge on any atom is -0.465 e. The van der Waals surface area contributed by atoms with Gasteiger partial charge in [0.05, 0.1) is 24.9 Å². The Kier molecular flexibility index (Phi) is 5.46. The number of carbonyl (C=O) groups is 2. The Bertz CT molecular complexity index is 694. The van der Waals surface area contributed by atoms with Crippen molar-refractivity contribution in [2.24, 2.45) is 0 Å². The fourth-order valence-corrected chi connectivity index (χ4v) is 2.11. The lowest BCUT2D eigenvalue weighted by molar-refractivity contribution is 0.0600. The van der Waals surface area contributed by atoms with Gasteiger partial charge in [-0.1, -0.05) is 26.0 Å². The molecule has 0 fully saturated rings. The summed E-state index contributed by atoms with van der Waals surface area (Å²) in [5, 5.41) is 2.79. The van der Waals surface area contributed by atoms with E-state index >= 15 is 0 Å². The van der Waals surface area contributed by atoms with Gasteiger partial charge in [0.25, 0.3) is 5.91 Å². The van der Waals surface area contributed by atoms with Crippen molar-refractivity contribution in [1.82, 2.24) is 10.3 Å². The second kappa shape index (κ2) is 7.54. The molecule has 0 radical (unpaired) electrons. The van der Waals surface area contributed by atoms with E-state index in [1.807, 2.05) is 24.3 Å². The van der Waals surface area contributed by atoms with Crippen molar-refractivity contribution in [2.75, 3.05) is 7.11 Å². The van der Waals surface area contributed by atoms with Gasteiger partial charge in [-0.05, 0) is 35.7 Å². The molecule has 0 aliphatic rings. The summed E-state index contributed by atoms with van der Waals surface area (Å²) < 4.78 is 4.66. The molecule has 5 heteroatoms. The Hall–Kier alpha value is -2.69. The van der Waals surface area contributed by atoms with Crippen LogP contribution >= 0.6 is 0 Å². The van der Waals surface area contributed by atoms with Crippen LogP contribution in [-0.4, -0.2) is 24.0 Å². The maximum Gasteiger partial charge on any atom is 0.337 e. The molecule has 1 aromatic carbocycles. The molecule has 1 amide bonds. The first kappa shape index (κ1) is 16.7. The van der Waals surface area contributed by atoms with Gasteiger partial charge < -0.3 is 10.1 Å². The van der Waals surface area contributed by atoms with Crippen molar-refractivity contribution in [1.29, 1.82) is 0 Å². The Balaban J connectivity index is 2.00. The number of nitrogens with one attached hydrogen (secondary N) is 1. The molecule has 0 spiro atoms. The van der Waals surface area contributed by atoms with E-state index in [1.54, 1.807) is 12.1 Å². The van der Waals surface area contributed by atoms with Crippen LogP contribution in [0, 0.1) is 0 Å². The van der Waals surface area contributed by atoms with Gasteiger partial charge in [0, 0.05) is 11.8 Å². The van der Waals surface area contributed by atoms with Crippen LogP contribution in [0.2, 0.25) is 0 Å². The zero-order valence-corrected chi connectivity index (χ0v) is 13.5. The molecule has 0 atom stereocenters. The molecule has 1 aromatic heterocycles. The molecule has 0 unspecified atom stereocenters. The fourth-order valence-electron chi connectivity index (χ4n) is 2.11.